The lowest BCUT2D eigenvalue weighted by molar-refractivity contribution is 0.102. The molecule has 3 heterocycles. The number of hydrogen-bond acceptors (Lipinski definition) is 7. The average molecular weight is 428 g/mol. The Labute approximate surface area is 181 Å². The van der Waals surface area contributed by atoms with E-state index in [-0.39, 0.29) is 5.91 Å². The molecule has 0 aliphatic heterocycles. The van der Waals surface area contributed by atoms with Crippen molar-refractivity contribution >= 4 is 22.4 Å². The normalized spacial score (nSPS) is 10.9. The second-order valence-corrected chi connectivity index (χ2v) is 7.68. The van der Waals surface area contributed by atoms with Crippen LogP contribution in [0.3, 0.4) is 0 Å². The maximum absolute atomic E-state index is 12.9. The summed E-state index contributed by atoms with van der Waals surface area (Å²) in [5.74, 6) is 0.521. The first kappa shape index (κ1) is 18.8. The Kier molecular flexibility index (Phi) is 4.81. The highest BCUT2D eigenvalue weighted by atomic mass is 32.1. The smallest absolute Gasteiger partial charge is 0.257 e. The number of nitrogens with zero attached hydrogens (tertiary/aromatic N) is 7. The molecular weight excluding hydrogens is 412 g/mol. The molecule has 10 heteroatoms. The van der Waals surface area contributed by atoms with Gasteiger partial charge in [-0.25, -0.2) is 14.6 Å². The van der Waals surface area contributed by atoms with Gasteiger partial charge in [-0.3, -0.25) is 10.1 Å². The molecule has 0 spiro atoms. The molecule has 0 atom stereocenters. The number of carbonyl (C=O) groups is 1. The van der Waals surface area contributed by atoms with Gasteiger partial charge < -0.3 is 4.57 Å². The highest BCUT2D eigenvalue weighted by molar-refractivity contribution is 7.19. The van der Waals surface area contributed by atoms with E-state index in [2.05, 4.69) is 25.8 Å². The molecule has 5 aromatic rings. The van der Waals surface area contributed by atoms with Gasteiger partial charge in [0.2, 0.25) is 0 Å². The maximum Gasteiger partial charge on any atom is 0.257 e. The third-order valence-electron chi connectivity index (χ3n) is 4.64. The van der Waals surface area contributed by atoms with Crippen molar-refractivity contribution in [2.45, 2.75) is 0 Å². The van der Waals surface area contributed by atoms with Gasteiger partial charge in [0.1, 0.15) is 6.33 Å². The number of amides is 1. The number of rotatable bonds is 5. The van der Waals surface area contributed by atoms with Crippen LogP contribution in [0, 0.1) is 0 Å². The van der Waals surface area contributed by atoms with Crippen LogP contribution in [-0.4, -0.2) is 40.6 Å². The number of carbonyl (C=O) groups excluding carboxylic acids is 1. The van der Waals surface area contributed by atoms with E-state index in [1.807, 2.05) is 54.2 Å². The average Bonchev–Trinajstić information content (AvgIpc) is 3.55. The van der Waals surface area contributed by atoms with E-state index in [0.717, 1.165) is 22.0 Å². The van der Waals surface area contributed by atoms with Crippen molar-refractivity contribution < 1.29 is 4.79 Å². The second kappa shape index (κ2) is 7.92. The van der Waals surface area contributed by atoms with Crippen LogP contribution >= 0.6 is 11.3 Å². The van der Waals surface area contributed by atoms with Gasteiger partial charge >= 0.3 is 0 Å². The van der Waals surface area contributed by atoms with Crippen molar-refractivity contribution in [2.24, 2.45) is 7.05 Å². The molecule has 2 aromatic carbocycles. The lowest BCUT2D eigenvalue weighted by Gasteiger charge is -2.04. The van der Waals surface area contributed by atoms with Crippen molar-refractivity contribution in [3.8, 4) is 27.6 Å². The molecule has 1 amide bonds. The molecule has 9 nitrogen and oxygen atoms in total. The monoisotopic (exact) mass is 428 g/mol. The molecule has 1 N–H and O–H groups in total. The zero-order valence-electron chi connectivity index (χ0n) is 16.4. The first-order valence-corrected chi connectivity index (χ1v) is 10.2. The number of aromatic nitrogens is 7. The Bertz CT molecular complexity index is 1340. The fourth-order valence-corrected chi connectivity index (χ4v) is 4.16. The molecule has 0 saturated carbocycles. The van der Waals surface area contributed by atoms with E-state index in [4.69, 9.17) is 4.98 Å². The highest BCUT2D eigenvalue weighted by Gasteiger charge is 2.19. The van der Waals surface area contributed by atoms with Crippen molar-refractivity contribution in [3.63, 3.8) is 0 Å². The molecule has 0 fully saturated rings. The molecule has 0 saturated heterocycles. The van der Waals surface area contributed by atoms with Crippen LogP contribution in [0.25, 0.3) is 27.6 Å². The van der Waals surface area contributed by atoms with Gasteiger partial charge in [-0.1, -0.05) is 47.7 Å². The molecular formula is C21H16N8OS. The fourth-order valence-electron chi connectivity index (χ4n) is 3.14. The number of imidazole rings is 1. The van der Waals surface area contributed by atoms with Crippen molar-refractivity contribution in [3.05, 3.63) is 78.9 Å². The Morgan fingerprint density at radius 2 is 1.97 bits per heavy atom. The summed E-state index contributed by atoms with van der Waals surface area (Å²) in [6.07, 6.45) is 5.10. The number of aryl methyl sites for hydroxylation is 1. The second-order valence-electron chi connectivity index (χ2n) is 6.68. The Hall–Kier alpha value is -4.18. The lowest BCUT2D eigenvalue weighted by atomic mass is 10.1. The highest BCUT2D eigenvalue weighted by Crippen LogP contribution is 2.38. The van der Waals surface area contributed by atoms with Crippen molar-refractivity contribution in [1.82, 2.24) is 34.7 Å². The standard InChI is InChI=1S/C21H16N8OS/c1-28-11-10-22-19(28)18-17(14-6-3-2-4-7-14)24-21(31-18)25-20(30)15-8-5-9-16(12-15)29-13-23-26-27-29/h2-13H,1H3,(H,24,25,30). The topological polar surface area (TPSA) is 103 Å². The molecule has 0 radical (unpaired) electrons. The van der Waals surface area contributed by atoms with Crippen LogP contribution in [0.1, 0.15) is 10.4 Å². The largest absolute Gasteiger partial charge is 0.333 e. The van der Waals surface area contributed by atoms with Crippen LogP contribution < -0.4 is 5.32 Å². The summed E-state index contributed by atoms with van der Waals surface area (Å²) in [6.45, 7) is 0. The van der Waals surface area contributed by atoms with Gasteiger partial charge in [0.05, 0.1) is 16.3 Å². The number of nitrogens with one attached hydrogen (secondary N) is 1. The van der Waals surface area contributed by atoms with E-state index in [1.165, 1.54) is 22.3 Å². The summed E-state index contributed by atoms with van der Waals surface area (Å²) in [5, 5.41) is 14.5. The van der Waals surface area contributed by atoms with E-state index in [9.17, 15) is 4.79 Å². The fraction of sp³-hybridized carbons (Fsp3) is 0.0476. The Morgan fingerprint density at radius 1 is 1.10 bits per heavy atom. The minimum absolute atomic E-state index is 0.269. The van der Waals surface area contributed by atoms with E-state index >= 15 is 0 Å². The summed E-state index contributed by atoms with van der Waals surface area (Å²) in [7, 11) is 1.93. The number of tetrazole rings is 1. The van der Waals surface area contributed by atoms with Crippen LogP contribution in [0.15, 0.2) is 73.3 Å². The van der Waals surface area contributed by atoms with Gasteiger partial charge in [-0.05, 0) is 28.6 Å². The quantitative estimate of drug-likeness (QED) is 0.460. The zero-order chi connectivity index (χ0) is 21.2. The third-order valence-corrected chi connectivity index (χ3v) is 5.61. The van der Waals surface area contributed by atoms with Crippen LogP contribution in [0.2, 0.25) is 0 Å². The van der Waals surface area contributed by atoms with E-state index in [0.29, 0.717) is 16.4 Å². The van der Waals surface area contributed by atoms with E-state index < -0.39 is 0 Å². The van der Waals surface area contributed by atoms with Crippen LogP contribution in [-0.2, 0) is 7.05 Å². The first-order chi connectivity index (χ1) is 15.2. The molecule has 3 aromatic heterocycles. The number of anilines is 1. The molecule has 0 aliphatic carbocycles. The van der Waals surface area contributed by atoms with Crippen molar-refractivity contribution in [1.29, 1.82) is 0 Å². The summed E-state index contributed by atoms with van der Waals surface area (Å²) >= 11 is 1.39. The van der Waals surface area contributed by atoms with E-state index in [1.54, 1.807) is 24.4 Å². The molecule has 0 aliphatic rings. The summed E-state index contributed by atoms with van der Waals surface area (Å²) in [5.41, 5.74) is 2.90. The Balaban J connectivity index is 1.49. The molecule has 5 rings (SSSR count). The van der Waals surface area contributed by atoms with Gasteiger partial charge in [-0.15, -0.1) is 5.10 Å². The van der Waals surface area contributed by atoms with Crippen molar-refractivity contribution in [2.75, 3.05) is 5.32 Å². The van der Waals surface area contributed by atoms with Crippen LogP contribution in [0.4, 0.5) is 5.13 Å². The van der Waals surface area contributed by atoms with Gasteiger partial charge in [0.15, 0.2) is 11.0 Å². The SMILES string of the molecule is Cn1ccnc1-c1sc(NC(=O)c2cccc(-n3cnnn3)c2)nc1-c1ccccc1. The first-order valence-electron chi connectivity index (χ1n) is 9.38. The zero-order valence-corrected chi connectivity index (χ0v) is 17.2. The van der Waals surface area contributed by atoms with Gasteiger partial charge in [-0.2, -0.15) is 0 Å². The van der Waals surface area contributed by atoms with Gasteiger partial charge in [0.25, 0.3) is 5.91 Å². The number of thiazole rings is 1. The molecule has 31 heavy (non-hydrogen) atoms. The third kappa shape index (κ3) is 3.71. The number of benzene rings is 2. The Morgan fingerprint density at radius 3 is 2.71 bits per heavy atom. The predicted octanol–water partition coefficient (Wildman–Crippen LogP) is 3.44. The molecule has 0 unspecified atom stereocenters. The minimum Gasteiger partial charge on any atom is -0.333 e. The molecule has 152 valence electrons. The summed E-state index contributed by atoms with van der Waals surface area (Å²) < 4.78 is 3.42. The van der Waals surface area contributed by atoms with Crippen LogP contribution in [0.5, 0.6) is 0 Å². The maximum atomic E-state index is 12.9. The predicted molar refractivity (Wildman–Crippen MR) is 117 cm³/mol. The van der Waals surface area contributed by atoms with Gasteiger partial charge in [0, 0.05) is 30.6 Å². The molecule has 0 bridgehead atoms. The summed E-state index contributed by atoms with van der Waals surface area (Å²) in [6, 6.07) is 16.9. The minimum atomic E-state index is -0.269. The number of hydrogen-bond donors (Lipinski definition) is 1. The summed E-state index contributed by atoms with van der Waals surface area (Å²) in [4.78, 5) is 23.0. The lowest BCUT2D eigenvalue weighted by Crippen LogP contribution is -2.12.